The van der Waals surface area contributed by atoms with Crippen LogP contribution in [0.5, 0.6) is 0 Å². The van der Waals surface area contributed by atoms with Gasteiger partial charge in [-0.25, -0.2) is 4.98 Å². The number of piperazine rings is 1. The van der Waals surface area contributed by atoms with E-state index in [1.807, 2.05) is 30.1 Å². The van der Waals surface area contributed by atoms with Gasteiger partial charge in [0.15, 0.2) is 0 Å². The lowest BCUT2D eigenvalue weighted by molar-refractivity contribution is 0.0740. The minimum absolute atomic E-state index is 0.00581. The molecule has 0 bridgehead atoms. The van der Waals surface area contributed by atoms with Gasteiger partial charge >= 0.3 is 0 Å². The second kappa shape index (κ2) is 5.32. The Balaban J connectivity index is 1.63. The number of carbonyl (C=O) groups excluding carboxylic acids is 1. The summed E-state index contributed by atoms with van der Waals surface area (Å²) in [5.41, 5.74) is 0.513. The van der Waals surface area contributed by atoms with E-state index in [4.69, 9.17) is 0 Å². The molecule has 20 heavy (non-hydrogen) atoms. The van der Waals surface area contributed by atoms with E-state index in [-0.39, 0.29) is 5.91 Å². The maximum atomic E-state index is 12.3. The topological polar surface area (TPSA) is 54.3 Å². The highest BCUT2D eigenvalue weighted by Crippen LogP contribution is 2.13. The van der Waals surface area contributed by atoms with Crippen molar-refractivity contribution < 1.29 is 4.79 Å². The predicted molar refractivity (Wildman–Crippen MR) is 75.6 cm³/mol. The van der Waals surface area contributed by atoms with Crippen LogP contribution in [0.25, 0.3) is 0 Å². The molecule has 3 heterocycles. The Morgan fingerprint density at radius 3 is 2.55 bits per heavy atom. The summed E-state index contributed by atoms with van der Waals surface area (Å²) in [5.74, 6) is 0.976. The van der Waals surface area contributed by atoms with Gasteiger partial charge in [-0.15, -0.1) is 0 Å². The molecule has 1 aliphatic heterocycles. The zero-order valence-electron chi connectivity index (χ0n) is 11.4. The van der Waals surface area contributed by atoms with Crippen LogP contribution < -0.4 is 4.90 Å². The van der Waals surface area contributed by atoms with Gasteiger partial charge in [0.05, 0.1) is 0 Å². The fourth-order valence-electron chi connectivity index (χ4n) is 2.37. The van der Waals surface area contributed by atoms with E-state index in [0.29, 0.717) is 18.8 Å². The van der Waals surface area contributed by atoms with Crippen LogP contribution in [0.3, 0.4) is 0 Å². The minimum Gasteiger partial charge on any atom is -0.353 e. The Labute approximate surface area is 117 Å². The van der Waals surface area contributed by atoms with Crippen LogP contribution in [0.15, 0.2) is 36.7 Å². The molecule has 0 unspecified atom stereocenters. The quantitative estimate of drug-likeness (QED) is 0.810. The van der Waals surface area contributed by atoms with Gasteiger partial charge in [-0.05, 0) is 18.2 Å². The Morgan fingerprint density at radius 1 is 1.15 bits per heavy atom. The SMILES string of the molecule is Cn1ccc(C(=O)N2CCN(c3ccccn3)CC2)n1. The summed E-state index contributed by atoms with van der Waals surface area (Å²) < 4.78 is 1.65. The number of rotatable bonds is 2. The van der Waals surface area contributed by atoms with Crippen LogP contribution in [-0.2, 0) is 7.05 Å². The molecule has 1 amide bonds. The fraction of sp³-hybridized carbons (Fsp3) is 0.357. The number of carbonyl (C=O) groups is 1. The zero-order chi connectivity index (χ0) is 13.9. The average molecular weight is 271 g/mol. The van der Waals surface area contributed by atoms with Crippen molar-refractivity contribution in [3.05, 3.63) is 42.4 Å². The summed E-state index contributed by atoms with van der Waals surface area (Å²) in [6.07, 6.45) is 3.58. The van der Waals surface area contributed by atoms with Gasteiger partial charge in [0.2, 0.25) is 0 Å². The van der Waals surface area contributed by atoms with Gasteiger partial charge in [-0.2, -0.15) is 5.10 Å². The lowest BCUT2D eigenvalue weighted by atomic mass is 10.2. The maximum Gasteiger partial charge on any atom is 0.274 e. The lowest BCUT2D eigenvalue weighted by Crippen LogP contribution is -2.49. The summed E-state index contributed by atoms with van der Waals surface area (Å²) in [5, 5.41) is 4.16. The van der Waals surface area contributed by atoms with E-state index in [1.165, 1.54) is 0 Å². The number of anilines is 1. The molecule has 0 aromatic carbocycles. The van der Waals surface area contributed by atoms with Crippen molar-refractivity contribution in [2.75, 3.05) is 31.1 Å². The van der Waals surface area contributed by atoms with Crippen molar-refractivity contribution in [2.24, 2.45) is 7.05 Å². The van der Waals surface area contributed by atoms with Crippen molar-refractivity contribution in [1.82, 2.24) is 19.7 Å². The molecule has 1 aliphatic rings. The molecule has 1 fully saturated rings. The summed E-state index contributed by atoms with van der Waals surface area (Å²) in [6, 6.07) is 7.64. The third-order valence-electron chi connectivity index (χ3n) is 3.47. The Hall–Kier alpha value is -2.37. The molecular weight excluding hydrogens is 254 g/mol. The maximum absolute atomic E-state index is 12.3. The van der Waals surface area contributed by atoms with Crippen molar-refractivity contribution in [3.63, 3.8) is 0 Å². The Morgan fingerprint density at radius 2 is 1.95 bits per heavy atom. The number of amides is 1. The number of nitrogens with zero attached hydrogens (tertiary/aromatic N) is 5. The minimum atomic E-state index is 0.00581. The first-order valence-electron chi connectivity index (χ1n) is 6.69. The molecule has 0 atom stereocenters. The van der Waals surface area contributed by atoms with Crippen LogP contribution in [0, 0.1) is 0 Å². The number of pyridine rings is 1. The van der Waals surface area contributed by atoms with E-state index in [1.54, 1.807) is 23.1 Å². The van der Waals surface area contributed by atoms with Crippen LogP contribution in [0.4, 0.5) is 5.82 Å². The molecule has 0 aliphatic carbocycles. The first-order chi connectivity index (χ1) is 9.74. The molecule has 3 rings (SSSR count). The number of hydrogen-bond acceptors (Lipinski definition) is 4. The summed E-state index contributed by atoms with van der Waals surface area (Å²) in [7, 11) is 1.82. The molecule has 2 aromatic heterocycles. The number of aromatic nitrogens is 3. The normalized spacial score (nSPS) is 15.4. The highest BCUT2D eigenvalue weighted by molar-refractivity contribution is 5.92. The van der Waals surface area contributed by atoms with Crippen molar-refractivity contribution in [3.8, 4) is 0 Å². The van der Waals surface area contributed by atoms with Gasteiger partial charge < -0.3 is 9.80 Å². The second-order valence-corrected chi connectivity index (χ2v) is 4.84. The molecule has 104 valence electrons. The van der Waals surface area contributed by atoms with E-state index >= 15 is 0 Å². The predicted octanol–water partition coefficient (Wildman–Crippen LogP) is 0.777. The Bertz CT molecular complexity index is 587. The average Bonchev–Trinajstić information content (AvgIpc) is 2.94. The van der Waals surface area contributed by atoms with E-state index in [2.05, 4.69) is 15.0 Å². The monoisotopic (exact) mass is 271 g/mol. The molecule has 2 aromatic rings. The van der Waals surface area contributed by atoms with Crippen LogP contribution >= 0.6 is 0 Å². The third kappa shape index (κ3) is 2.49. The zero-order valence-corrected chi connectivity index (χ0v) is 11.4. The standard InChI is InChI=1S/C14H17N5O/c1-17-7-5-12(16-17)14(20)19-10-8-18(9-11-19)13-4-2-3-6-15-13/h2-7H,8-11H2,1H3. The second-order valence-electron chi connectivity index (χ2n) is 4.84. The lowest BCUT2D eigenvalue weighted by Gasteiger charge is -2.35. The highest BCUT2D eigenvalue weighted by Gasteiger charge is 2.23. The Kier molecular flexibility index (Phi) is 3.37. The van der Waals surface area contributed by atoms with Gasteiger partial charge in [-0.1, -0.05) is 6.07 Å². The largest absolute Gasteiger partial charge is 0.353 e. The molecule has 6 heteroatoms. The molecular formula is C14H17N5O. The van der Waals surface area contributed by atoms with Gasteiger partial charge in [0, 0.05) is 45.6 Å². The third-order valence-corrected chi connectivity index (χ3v) is 3.47. The molecule has 0 saturated carbocycles. The van der Waals surface area contributed by atoms with Crippen molar-refractivity contribution >= 4 is 11.7 Å². The first-order valence-corrected chi connectivity index (χ1v) is 6.69. The summed E-state index contributed by atoms with van der Waals surface area (Å²) >= 11 is 0. The van der Waals surface area contributed by atoms with Crippen LogP contribution in [0.2, 0.25) is 0 Å². The van der Waals surface area contributed by atoms with E-state index in [0.717, 1.165) is 18.9 Å². The summed E-state index contributed by atoms with van der Waals surface area (Å²) in [6.45, 7) is 3.00. The molecule has 1 saturated heterocycles. The number of aryl methyl sites for hydroxylation is 1. The van der Waals surface area contributed by atoms with Crippen molar-refractivity contribution in [2.45, 2.75) is 0 Å². The number of hydrogen-bond donors (Lipinski definition) is 0. The van der Waals surface area contributed by atoms with Gasteiger partial charge in [-0.3, -0.25) is 9.48 Å². The van der Waals surface area contributed by atoms with E-state index < -0.39 is 0 Å². The van der Waals surface area contributed by atoms with E-state index in [9.17, 15) is 4.79 Å². The van der Waals surface area contributed by atoms with Gasteiger partial charge in [0.1, 0.15) is 11.5 Å². The highest BCUT2D eigenvalue weighted by atomic mass is 16.2. The molecule has 0 spiro atoms. The fourth-order valence-corrected chi connectivity index (χ4v) is 2.37. The van der Waals surface area contributed by atoms with Crippen LogP contribution in [0.1, 0.15) is 10.5 Å². The summed E-state index contributed by atoms with van der Waals surface area (Å²) in [4.78, 5) is 20.7. The smallest absolute Gasteiger partial charge is 0.274 e. The van der Waals surface area contributed by atoms with Gasteiger partial charge in [0.25, 0.3) is 5.91 Å². The van der Waals surface area contributed by atoms with Crippen molar-refractivity contribution in [1.29, 1.82) is 0 Å². The molecule has 0 N–H and O–H groups in total. The van der Waals surface area contributed by atoms with Crippen LogP contribution in [-0.4, -0.2) is 51.8 Å². The first kappa shape index (κ1) is 12.7. The molecule has 0 radical (unpaired) electrons. The molecule has 6 nitrogen and oxygen atoms in total.